The van der Waals surface area contributed by atoms with Crippen LogP contribution in [-0.4, -0.2) is 64.6 Å². The minimum absolute atomic E-state index is 0.0599. The molecule has 2 amide bonds. The number of amides is 2. The Kier molecular flexibility index (Phi) is 7.20. The molecule has 1 aliphatic carbocycles. The standard InChI is InChI=1S/C26H32N8O3/c1-32-21-16-29-26(31-24(21)34(13-9-23(32)35)19-5-3-6-19)30-20-8-7-18(15-22(20)37-2)25(36)28-10-4-12-33-14-11-27-17-33/h7-8,11,14-17,19H,3-6,9-10,12-13H2,1-2H3,(H,28,36)(H,29,30,31). The van der Waals surface area contributed by atoms with Gasteiger partial charge in [0.25, 0.3) is 5.91 Å². The van der Waals surface area contributed by atoms with Crippen LogP contribution in [0, 0.1) is 0 Å². The molecule has 0 spiro atoms. The van der Waals surface area contributed by atoms with Crippen LogP contribution in [0.15, 0.2) is 43.1 Å². The number of benzene rings is 1. The molecule has 11 nitrogen and oxygen atoms in total. The van der Waals surface area contributed by atoms with E-state index in [9.17, 15) is 9.59 Å². The molecule has 1 fully saturated rings. The number of ether oxygens (including phenoxy) is 1. The first-order valence-corrected chi connectivity index (χ1v) is 12.6. The molecule has 3 heterocycles. The molecule has 1 saturated carbocycles. The molecule has 5 rings (SSSR count). The van der Waals surface area contributed by atoms with E-state index in [1.807, 2.05) is 10.8 Å². The monoisotopic (exact) mass is 504 g/mol. The number of nitrogens with zero attached hydrogens (tertiary/aromatic N) is 6. The summed E-state index contributed by atoms with van der Waals surface area (Å²) >= 11 is 0. The van der Waals surface area contributed by atoms with Gasteiger partial charge in [0.2, 0.25) is 11.9 Å². The van der Waals surface area contributed by atoms with Crippen LogP contribution in [0.1, 0.15) is 42.5 Å². The van der Waals surface area contributed by atoms with Gasteiger partial charge in [0.1, 0.15) is 11.4 Å². The molecule has 0 radical (unpaired) electrons. The number of anilines is 4. The summed E-state index contributed by atoms with van der Waals surface area (Å²) in [6, 6.07) is 5.62. The summed E-state index contributed by atoms with van der Waals surface area (Å²) in [5.41, 5.74) is 1.86. The first-order chi connectivity index (χ1) is 18.0. The van der Waals surface area contributed by atoms with Gasteiger partial charge >= 0.3 is 0 Å². The maximum atomic E-state index is 12.7. The van der Waals surface area contributed by atoms with Crippen LogP contribution in [-0.2, 0) is 11.3 Å². The van der Waals surface area contributed by atoms with Crippen LogP contribution in [0.25, 0.3) is 0 Å². The lowest BCUT2D eigenvalue weighted by Gasteiger charge is -2.38. The summed E-state index contributed by atoms with van der Waals surface area (Å²) in [6.45, 7) is 1.98. The second kappa shape index (κ2) is 10.9. The second-order valence-corrected chi connectivity index (χ2v) is 9.33. The average Bonchev–Trinajstić information content (AvgIpc) is 3.37. The number of rotatable bonds is 9. The molecule has 0 bridgehead atoms. The zero-order valence-electron chi connectivity index (χ0n) is 21.2. The highest BCUT2D eigenvalue weighted by Crippen LogP contribution is 2.37. The van der Waals surface area contributed by atoms with E-state index in [1.165, 1.54) is 6.42 Å². The third-order valence-electron chi connectivity index (χ3n) is 6.99. The number of aromatic nitrogens is 4. The van der Waals surface area contributed by atoms with E-state index in [4.69, 9.17) is 9.72 Å². The molecule has 3 aromatic rings. The fourth-order valence-corrected chi connectivity index (χ4v) is 4.59. The minimum Gasteiger partial charge on any atom is -0.495 e. The van der Waals surface area contributed by atoms with Crippen molar-refractivity contribution in [3.05, 3.63) is 48.7 Å². The van der Waals surface area contributed by atoms with Crippen molar-refractivity contribution >= 4 is 35.0 Å². The Labute approximate surface area is 215 Å². The zero-order chi connectivity index (χ0) is 25.8. The molecule has 2 aliphatic rings. The molecular formula is C26H32N8O3. The molecule has 1 aromatic carbocycles. The number of carbonyl (C=O) groups excluding carboxylic acids is 2. The Morgan fingerprint density at radius 3 is 2.86 bits per heavy atom. The van der Waals surface area contributed by atoms with Gasteiger partial charge in [0.05, 0.1) is 25.3 Å². The van der Waals surface area contributed by atoms with Gasteiger partial charge in [-0.1, -0.05) is 0 Å². The zero-order valence-corrected chi connectivity index (χ0v) is 21.2. The molecule has 0 saturated heterocycles. The number of methoxy groups -OCH3 is 1. The molecule has 0 atom stereocenters. The Bertz CT molecular complexity index is 1260. The van der Waals surface area contributed by atoms with E-state index in [1.54, 1.807) is 56.0 Å². The third kappa shape index (κ3) is 5.35. The van der Waals surface area contributed by atoms with Crippen molar-refractivity contribution in [1.29, 1.82) is 0 Å². The highest BCUT2D eigenvalue weighted by molar-refractivity contribution is 5.97. The first kappa shape index (κ1) is 24.5. The summed E-state index contributed by atoms with van der Waals surface area (Å²) in [5.74, 6) is 1.57. The van der Waals surface area contributed by atoms with Crippen LogP contribution >= 0.6 is 0 Å². The van der Waals surface area contributed by atoms with E-state index in [0.29, 0.717) is 54.2 Å². The summed E-state index contributed by atoms with van der Waals surface area (Å²) in [6.07, 6.45) is 11.7. The lowest BCUT2D eigenvalue weighted by molar-refractivity contribution is -0.118. The lowest BCUT2D eigenvalue weighted by Crippen LogP contribution is -2.41. The third-order valence-corrected chi connectivity index (χ3v) is 6.99. The van der Waals surface area contributed by atoms with E-state index in [2.05, 4.69) is 25.5 Å². The molecule has 194 valence electrons. The van der Waals surface area contributed by atoms with E-state index < -0.39 is 0 Å². The predicted molar refractivity (Wildman–Crippen MR) is 140 cm³/mol. The van der Waals surface area contributed by atoms with Crippen molar-refractivity contribution in [3.63, 3.8) is 0 Å². The first-order valence-electron chi connectivity index (χ1n) is 12.6. The molecule has 0 unspecified atom stereocenters. The van der Waals surface area contributed by atoms with Crippen LogP contribution in [0.3, 0.4) is 0 Å². The van der Waals surface area contributed by atoms with Crippen molar-refractivity contribution in [2.24, 2.45) is 0 Å². The quantitative estimate of drug-likeness (QED) is 0.427. The average molecular weight is 505 g/mol. The van der Waals surface area contributed by atoms with Crippen molar-refractivity contribution in [2.75, 3.05) is 42.4 Å². The number of hydrogen-bond acceptors (Lipinski definition) is 8. The number of imidazole rings is 1. The summed E-state index contributed by atoms with van der Waals surface area (Å²) in [7, 11) is 3.33. The van der Waals surface area contributed by atoms with Gasteiger partial charge in [0, 0.05) is 57.1 Å². The van der Waals surface area contributed by atoms with Crippen molar-refractivity contribution < 1.29 is 14.3 Å². The fourth-order valence-electron chi connectivity index (χ4n) is 4.59. The normalized spacial score (nSPS) is 15.6. The molecule has 1 aliphatic heterocycles. The Morgan fingerprint density at radius 1 is 1.27 bits per heavy atom. The summed E-state index contributed by atoms with van der Waals surface area (Å²) in [5, 5.41) is 6.18. The molecule has 2 aromatic heterocycles. The molecular weight excluding hydrogens is 472 g/mol. The highest BCUT2D eigenvalue weighted by atomic mass is 16.5. The van der Waals surface area contributed by atoms with Gasteiger partial charge in [-0.05, 0) is 43.9 Å². The van der Waals surface area contributed by atoms with Crippen LogP contribution < -0.4 is 25.2 Å². The van der Waals surface area contributed by atoms with Gasteiger partial charge < -0.3 is 29.7 Å². The van der Waals surface area contributed by atoms with Gasteiger partial charge in [-0.15, -0.1) is 0 Å². The van der Waals surface area contributed by atoms with E-state index in [-0.39, 0.29) is 11.8 Å². The highest BCUT2D eigenvalue weighted by Gasteiger charge is 2.33. The van der Waals surface area contributed by atoms with Crippen molar-refractivity contribution in [3.8, 4) is 5.75 Å². The fraction of sp³-hybridized carbons (Fsp3) is 0.423. The van der Waals surface area contributed by atoms with Crippen molar-refractivity contribution in [1.82, 2.24) is 24.8 Å². The number of nitrogens with one attached hydrogen (secondary N) is 2. The second-order valence-electron chi connectivity index (χ2n) is 9.33. The van der Waals surface area contributed by atoms with Gasteiger partial charge in [-0.2, -0.15) is 4.98 Å². The Balaban J connectivity index is 1.29. The largest absolute Gasteiger partial charge is 0.495 e. The number of hydrogen-bond donors (Lipinski definition) is 2. The minimum atomic E-state index is -0.166. The number of aryl methyl sites for hydroxylation is 1. The molecule has 37 heavy (non-hydrogen) atoms. The smallest absolute Gasteiger partial charge is 0.251 e. The SMILES string of the molecule is COc1cc(C(=O)NCCCn2ccnc2)ccc1Nc1ncc2c(n1)N(C1CCC1)CCC(=O)N2C. The Hall–Kier alpha value is -4.15. The van der Waals surface area contributed by atoms with Crippen LogP contribution in [0.2, 0.25) is 0 Å². The van der Waals surface area contributed by atoms with Gasteiger partial charge in [0.15, 0.2) is 5.82 Å². The van der Waals surface area contributed by atoms with E-state index >= 15 is 0 Å². The van der Waals surface area contributed by atoms with Crippen LogP contribution in [0.4, 0.5) is 23.1 Å². The van der Waals surface area contributed by atoms with Crippen molar-refractivity contribution in [2.45, 2.75) is 44.7 Å². The predicted octanol–water partition coefficient (Wildman–Crippen LogP) is 2.97. The van der Waals surface area contributed by atoms with E-state index in [0.717, 1.165) is 31.6 Å². The Morgan fingerprint density at radius 2 is 2.14 bits per heavy atom. The maximum absolute atomic E-state index is 12.7. The van der Waals surface area contributed by atoms with Gasteiger partial charge in [-0.25, -0.2) is 9.97 Å². The molecule has 11 heteroatoms. The number of carbonyl (C=O) groups is 2. The number of fused-ring (bicyclic) bond motifs is 1. The maximum Gasteiger partial charge on any atom is 0.251 e. The topological polar surface area (TPSA) is 118 Å². The molecule has 2 N–H and O–H groups in total. The van der Waals surface area contributed by atoms with Crippen LogP contribution in [0.5, 0.6) is 5.75 Å². The lowest BCUT2D eigenvalue weighted by atomic mass is 9.91. The summed E-state index contributed by atoms with van der Waals surface area (Å²) < 4.78 is 7.53. The van der Waals surface area contributed by atoms with Gasteiger partial charge in [-0.3, -0.25) is 9.59 Å². The summed E-state index contributed by atoms with van der Waals surface area (Å²) in [4.78, 5) is 42.4.